The maximum absolute atomic E-state index is 12.8. The molecule has 1 aliphatic rings. The molecular weight excluding hydrogens is 370 g/mol. The van der Waals surface area contributed by atoms with Crippen LogP contribution in [0.1, 0.15) is 16.7 Å². The highest BCUT2D eigenvalue weighted by molar-refractivity contribution is 7.88. The van der Waals surface area contributed by atoms with Gasteiger partial charge in [-0.15, -0.1) is 0 Å². The van der Waals surface area contributed by atoms with E-state index in [4.69, 9.17) is 0 Å². The van der Waals surface area contributed by atoms with E-state index >= 15 is 0 Å². The number of H-pyrrole nitrogens is 1. The molecule has 28 heavy (non-hydrogen) atoms. The van der Waals surface area contributed by atoms with E-state index in [0.29, 0.717) is 13.1 Å². The molecule has 0 amide bonds. The number of aromatic amines is 1. The van der Waals surface area contributed by atoms with Gasteiger partial charge in [0.15, 0.2) is 0 Å². The lowest BCUT2D eigenvalue weighted by Crippen LogP contribution is -2.49. The summed E-state index contributed by atoms with van der Waals surface area (Å²) in [5.74, 6) is 0.0923. The lowest BCUT2D eigenvalue weighted by atomic mass is 10.1. The summed E-state index contributed by atoms with van der Waals surface area (Å²) in [4.78, 5) is 5.69. The number of rotatable bonds is 6. The van der Waals surface area contributed by atoms with Crippen LogP contribution in [0.3, 0.4) is 0 Å². The average molecular weight is 398 g/mol. The molecule has 1 aromatic heterocycles. The molecule has 148 valence electrons. The van der Waals surface area contributed by atoms with Crippen molar-refractivity contribution in [2.45, 2.75) is 19.1 Å². The van der Waals surface area contributed by atoms with Gasteiger partial charge in [-0.05, 0) is 36.1 Å². The van der Waals surface area contributed by atoms with Crippen LogP contribution in [-0.2, 0) is 22.2 Å². The van der Waals surface area contributed by atoms with Crippen molar-refractivity contribution in [3.8, 4) is 0 Å². The van der Waals surface area contributed by atoms with Crippen molar-refractivity contribution < 1.29 is 8.42 Å². The van der Waals surface area contributed by atoms with Crippen LogP contribution in [0, 0.1) is 6.92 Å². The Morgan fingerprint density at radius 1 is 0.929 bits per heavy atom. The first-order valence-electron chi connectivity index (χ1n) is 9.82. The third-order valence-electron chi connectivity index (χ3n) is 5.70. The first-order chi connectivity index (χ1) is 13.5. The number of hydrogen-bond acceptors (Lipinski definition) is 3. The van der Waals surface area contributed by atoms with Gasteiger partial charge in [-0.2, -0.15) is 4.31 Å². The number of para-hydroxylation sites is 1. The number of nitrogens with one attached hydrogen (secondary N) is 1. The normalized spacial score (nSPS) is 16.6. The SMILES string of the molecule is Cc1ccccc1CS(=O)(=O)N1CCN(CCc2c[nH]c3ccccc23)CC1. The third-order valence-corrected chi connectivity index (χ3v) is 7.52. The minimum atomic E-state index is -3.27. The van der Waals surface area contributed by atoms with Crippen molar-refractivity contribution >= 4 is 20.9 Å². The van der Waals surface area contributed by atoms with Crippen LogP contribution in [0.2, 0.25) is 0 Å². The standard InChI is InChI=1S/C22H27N3O2S/c1-18-6-2-3-7-20(18)17-28(26,27)25-14-12-24(13-15-25)11-10-19-16-23-22-9-5-4-8-21(19)22/h2-9,16,23H,10-15,17H2,1H3. The van der Waals surface area contributed by atoms with Crippen molar-refractivity contribution in [3.05, 3.63) is 71.4 Å². The molecule has 2 aromatic carbocycles. The Labute approximate surface area is 167 Å². The Bertz CT molecular complexity index is 1050. The molecule has 0 atom stereocenters. The van der Waals surface area contributed by atoms with E-state index in [2.05, 4.69) is 34.3 Å². The molecule has 5 nitrogen and oxygen atoms in total. The molecule has 1 N–H and O–H groups in total. The second kappa shape index (κ2) is 8.07. The quantitative estimate of drug-likeness (QED) is 0.695. The maximum Gasteiger partial charge on any atom is 0.218 e. The van der Waals surface area contributed by atoms with E-state index in [1.54, 1.807) is 4.31 Å². The molecule has 0 radical (unpaired) electrons. The van der Waals surface area contributed by atoms with Crippen molar-refractivity contribution in [1.82, 2.24) is 14.2 Å². The molecule has 1 aliphatic heterocycles. The van der Waals surface area contributed by atoms with Gasteiger partial charge in [0.1, 0.15) is 0 Å². The van der Waals surface area contributed by atoms with Gasteiger partial charge >= 0.3 is 0 Å². The van der Waals surface area contributed by atoms with E-state index < -0.39 is 10.0 Å². The Hall–Kier alpha value is -2.15. The largest absolute Gasteiger partial charge is 0.361 e. The van der Waals surface area contributed by atoms with Gasteiger partial charge in [0.05, 0.1) is 5.75 Å². The highest BCUT2D eigenvalue weighted by Gasteiger charge is 2.27. The summed E-state index contributed by atoms with van der Waals surface area (Å²) in [6, 6.07) is 16.1. The molecule has 0 aliphatic carbocycles. The van der Waals surface area contributed by atoms with Gasteiger partial charge in [-0.25, -0.2) is 8.42 Å². The smallest absolute Gasteiger partial charge is 0.218 e. The fourth-order valence-electron chi connectivity index (χ4n) is 3.91. The van der Waals surface area contributed by atoms with E-state index in [1.807, 2.05) is 37.3 Å². The topological polar surface area (TPSA) is 56.4 Å². The molecule has 2 heterocycles. The second-order valence-corrected chi connectivity index (χ2v) is 9.50. The van der Waals surface area contributed by atoms with Crippen LogP contribution >= 0.6 is 0 Å². The third kappa shape index (κ3) is 4.14. The van der Waals surface area contributed by atoms with Gasteiger partial charge in [0, 0.05) is 49.8 Å². The van der Waals surface area contributed by atoms with Crippen LogP contribution < -0.4 is 0 Å². The summed E-state index contributed by atoms with van der Waals surface area (Å²) in [7, 11) is -3.27. The average Bonchev–Trinajstić information content (AvgIpc) is 3.12. The summed E-state index contributed by atoms with van der Waals surface area (Å²) < 4.78 is 27.3. The number of nitrogens with zero attached hydrogens (tertiary/aromatic N) is 2. The molecule has 0 saturated carbocycles. The molecule has 1 saturated heterocycles. The first-order valence-corrected chi connectivity index (χ1v) is 11.4. The van der Waals surface area contributed by atoms with E-state index in [9.17, 15) is 8.42 Å². The molecule has 1 fully saturated rings. The Morgan fingerprint density at radius 3 is 2.43 bits per heavy atom. The lowest BCUT2D eigenvalue weighted by Gasteiger charge is -2.34. The molecule has 4 rings (SSSR count). The molecule has 0 unspecified atom stereocenters. The van der Waals surface area contributed by atoms with Crippen molar-refractivity contribution in [1.29, 1.82) is 0 Å². The summed E-state index contributed by atoms with van der Waals surface area (Å²) in [6.45, 7) is 5.63. The number of piperazine rings is 1. The van der Waals surface area contributed by atoms with Crippen LogP contribution in [-0.4, -0.2) is 55.3 Å². The Morgan fingerprint density at radius 2 is 1.64 bits per heavy atom. The van der Waals surface area contributed by atoms with Crippen LogP contribution in [0.25, 0.3) is 10.9 Å². The maximum atomic E-state index is 12.8. The summed E-state index contributed by atoms with van der Waals surface area (Å²) >= 11 is 0. The summed E-state index contributed by atoms with van der Waals surface area (Å²) in [5.41, 5.74) is 4.42. The molecular formula is C22H27N3O2S. The predicted octanol–water partition coefficient (Wildman–Crippen LogP) is 3.17. The Kier molecular flexibility index (Phi) is 5.53. The van der Waals surface area contributed by atoms with Crippen molar-refractivity contribution in [3.63, 3.8) is 0 Å². The lowest BCUT2D eigenvalue weighted by molar-refractivity contribution is 0.190. The summed E-state index contributed by atoms with van der Waals surface area (Å²) in [5, 5.41) is 1.28. The molecule has 3 aromatic rings. The number of benzene rings is 2. The zero-order valence-electron chi connectivity index (χ0n) is 16.3. The molecule has 6 heteroatoms. The monoisotopic (exact) mass is 397 g/mol. The fourth-order valence-corrected chi connectivity index (χ4v) is 5.53. The minimum Gasteiger partial charge on any atom is -0.361 e. The van der Waals surface area contributed by atoms with Crippen LogP contribution in [0.5, 0.6) is 0 Å². The van der Waals surface area contributed by atoms with Gasteiger partial charge < -0.3 is 9.88 Å². The first kappa shape index (κ1) is 19.2. The zero-order chi connectivity index (χ0) is 19.6. The number of fused-ring (bicyclic) bond motifs is 1. The van der Waals surface area contributed by atoms with Crippen LogP contribution in [0.4, 0.5) is 0 Å². The highest BCUT2D eigenvalue weighted by Crippen LogP contribution is 2.20. The summed E-state index contributed by atoms with van der Waals surface area (Å²) in [6.07, 6.45) is 3.06. The van der Waals surface area contributed by atoms with E-state index in [1.165, 1.54) is 16.5 Å². The number of hydrogen-bond donors (Lipinski definition) is 1. The van der Waals surface area contributed by atoms with E-state index in [0.717, 1.165) is 37.2 Å². The predicted molar refractivity (Wildman–Crippen MR) is 114 cm³/mol. The minimum absolute atomic E-state index is 0.0923. The highest BCUT2D eigenvalue weighted by atomic mass is 32.2. The molecule has 0 bridgehead atoms. The van der Waals surface area contributed by atoms with Crippen molar-refractivity contribution in [2.75, 3.05) is 32.7 Å². The van der Waals surface area contributed by atoms with Crippen molar-refractivity contribution in [2.24, 2.45) is 0 Å². The van der Waals surface area contributed by atoms with Gasteiger partial charge in [-0.3, -0.25) is 0 Å². The number of sulfonamides is 1. The molecule has 0 spiro atoms. The zero-order valence-corrected chi connectivity index (χ0v) is 17.1. The van der Waals surface area contributed by atoms with Gasteiger partial charge in [0.2, 0.25) is 10.0 Å². The van der Waals surface area contributed by atoms with Gasteiger partial charge in [-0.1, -0.05) is 42.5 Å². The van der Waals surface area contributed by atoms with Gasteiger partial charge in [0.25, 0.3) is 0 Å². The fraction of sp³-hybridized carbons (Fsp3) is 0.364. The van der Waals surface area contributed by atoms with Crippen LogP contribution in [0.15, 0.2) is 54.7 Å². The van der Waals surface area contributed by atoms with E-state index in [-0.39, 0.29) is 5.75 Å². The number of aryl methyl sites for hydroxylation is 1. The number of aromatic nitrogens is 1. The second-order valence-electron chi connectivity index (χ2n) is 7.53. The Balaban J connectivity index is 1.32.